The van der Waals surface area contributed by atoms with Crippen LogP contribution in [0.3, 0.4) is 0 Å². The van der Waals surface area contributed by atoms with E-state index in [0.717, 1.165) is 19.5 Å². The van der Waals surface area contributed by atoms with Crippen LogP contribution < -0.4 is 4.90 Å². The van der Waals surface area contributed by atoms with E-state index in [0.29, 0.717) is 0 Å². The van der Waals surface area contributed by atoms with Crippen molar-refractivity contribution < 1.29 is 0 Å². The highest BCUT2D eigenvalue weighted by molar-refractivity contribution is 5.57. The van der Waals surface area contributed by atoms with Gasteiger partial charge < -0.3 is 4.90 Å². The molecule has 3 rings (SSSR count). The number of anilines is 1. The highest BCUT2D eigenvalue weighted by atomic mass is 15.1. The molecule has 0 saturated carbocycles. The van der Waals surface area contributed by atoms with Crippen LogP contribution in [-0.4, -0.2) is 6.54 Å². The lowest BCUT2D eigenvalue weighted by Crippen LogP contribution is -2.19. The number of hydrogen-bond donors (Lipinski definition) is 0. The SMILES string of the molecule is [c]1ccc2c(c1)CCN2Cc1ccccc1. The van der Waals surface area contributed by atoms with Crippen LogP contribution in [0, 0.1) is 6.07 Å². The van der Waals surface area contributed by atoms with Crippen molar-refractivity contribution in [2.45, 2.75) is 13.0 Å². The second-order valence-corrected chi connectivity index (χ2v) is 4.21. The fourth-order valence-corrected chi connectivity index (χ4v) is 2.31. The molecule has 2 aromatic rings. The molecule has 0 aromatic heterocycles. The maximum absolute atomic E-state index is 3.15. The molecule has 1 heteroatoms. The smallest absolute Gasteiger partial charge is 0.0429 e. The molecule has 16 heavy (non-hydrogen) atoms. The molecule has 79 valence electrons. The summed E-state index contributed by atoms with van der Waals surface area (Å²) in [5, 5.41) is 0. The molecule has 0 spiro atoms. The Labute approximate surface area is 96.3 Å². The normalized spacial score (nSPS) is 13.9. The molecule has 0 amide bonds. The van der Waals surface area contributed by atoms with Gasteiger partial charge in [0.1, 0.15) is 0 Å². The lowest BCUT2D eigenvalue weighted by molar-refractivity contribution is 0.836. The molecule has 1 aliphatic rings. The van der Waals surface area contributed by atoms with Gasteiger partial charge in [0, 0.05) is 18.8 Å². The van der Waals surface area contributed by atoms with E-state index in [4.69, 9.17) is 0 Å². The summed E-state index contributed by atoms with van der Waals surface area (Å²) in [6.45, 7) is 2.14. The van der Waals surface area contributed by atoms with Crippen molar-refractivity contribution in [2.24, 2.45) is 0 Å². The van der Waals surface area contributed by atoms with Gasteiger partial charge in [0.25, 0.3) is 0 Å². The summed E-state index contributed by atoms with van der Waals surface area (Å²) in [5.41, 5.74) is 4.18. The molecule has 1 nitrogen and oxygen atoms in total. The van der Waals surface area contributed by atoms with Crippen molar-refractivity contribution in [3.63, 3.8) is 0 Å². The number of rotatable bonds is 2. The van der Waals surface area contributed by atoms with Crippen LogP contribution in [-0.2, 0) is 13.0 Å². The van der Waals surface area contributed by atoms with Crippen molar-refractivity contribution >= 4 is 5.69 Å². The predicted molar refractivity (Wildman–Crippen MR) is 66.5 cm³/mol. The van der Waals surface area contributed by atoms with E-state index in [1.54, 1.807) is 0 Å². The number of fused-ring (bicyclic) bond motifs is 1. The van der Waals surface area contributed by atoms with Crippen LogP contribution in [0.2, 0.25) is 0 Å². The van der Waals surface area contributed by atoms with Gasteiger partial charge >= 0.3 is 0 Å². The number of hydrogen-bond acceptors (Lipinski definition) is 1. The van der Waals surface area contributed by atoms with Gasteiger partial charge in [-0.2, -0.15) is 0 Å². The topological polar surface area (TPSA) is 3.24 Å². The fourth-order valence-electron chi connectivity index (χ4n) is 2.31. The monoisotopic (exact) mass is 208 g/mol. The predicted octanol–water partition coefficient (Wildman–Crippen LogP) is 3.05. The Morgan fingerprint density at radius 3 is 2.88 bits per heavy atom. The van der Waals surface area contributed by atoms with Gasteiger partial charge in [0.15, 0.2) is 0 Å². The van der Waals surface area contributed by atoms with Crippen LogP contribution in [0.25, 0.3) is 0 Å². The van der Waals surface area contributed by atoms with Gasteiger partial charge in [-0.1, -0.05) is 36.4 Å². The Hall–Kier alpha value is -1.76. The zero-order valence-electron chi connectivity index (χ0n) is 9.19. The van der Waals surface area contributed by atoms with Crippen molar-refractivity contribution in [3.8, 4) is 0 Å². The minimum atomic E-state index is 1.01. The minimum absolute atomic E-state index is 1.01. The van der Waals surface area contributed by atoms with Crippen molar-refractivity contribution in [2.75, 3.05) is 11.4 Å². The van der Waals surface area contributed by atoms with Crippen molar-refractivity contribution in [3.05, 3.63) is 65.7 Å². The maximum Gasteiger partial charge on any atom is 0.0429 e. The van der Waals surface area contributed by atoms with Crippen LogP contribution >= 0.6 is 0 Å². The summed E-state index contributed by atoms with van der Waals surface area (Å²) in [4.78, 5) is 2.44. The number of nitrogens with zero attached hydrogens (tertiary/aromatic N) is 1. The maximum atomic E-state index is 3.15. The molecule has 0 fully saturated rings. The lowest BCUT2D eigenvalue weighted by atomic mass is 10.2. The lowest BCUT2D eigenvalue weighted by Gasteiger charge is -2.19. The first-order valence-electron chi connectivity index (χ1n) is 5.71. The van der Waals surface area contributed by atoms with Gasteiger partial charge in [-0.15, -0.1) is 0 Å². The Kier molecular flexibility index (Phi) is 2.37. The average Bonchev–Trinajstić information content (AvgIpc) is 2.74. The first-order chi connectivity index (χ1) is 7.93. The largest absolute Gasteiger partial charge is 0.367 e. The third-order valence-electron chi connectivity index (χ3n) is 3.13. The third-order valence-corrected chi connectivity index (χ3v) is 3.13. The molecular formula is C15H14N. The first-order valence-corrected chi connectivity index (χ1v) is 5.71. The summed E-state index contributed by atoms with van der Waals surface area (Å²) < 4.78 is 0. The summed E-state index contributed by atoms with van der Waals surface area (Å²) in [6, 6.07) is 20.1. The molecule has 0 saturated heterocycles. The van der Waals surface area contributed by atoms with Gasteiger partial charge in [-0.25, -0.2) is 0 Å². The van der Waals surface area contributed by atoms with E-state index < -0.39 is 0 Å². The van der Waals surface area contributed by atoms with Gasteiger partial charge in [0.2, 0.25) is 0 Å². The Morgan fingerprint density at radius 2 is 2.00 bits per heavy atom. The van der Waals surface area contributed by atoms with Crippen molar-refractivity contribution in [1.29, 1.82) is 0 Å². The molecule has 1 radical (unpaired) electrons. The molecule has 0 bridgehead atoms. The Morgan fingerprint density at radius 1 is 1.12 bits per heavy atom. The highest BCUT2D eigenvalue weighted by Crippen LogP contribution is 2.28. The number of benzene rings is 2. The summed E-state index contributed by atoms with van der Waals surface area (Å²) >= 11 is 0. The van der Waals surface area contributed by atoms with Crippen LogP contribution in [0.5, 0.6) is 0 Å². The summed E-state index contributed by atoms with van der Waals surface area (Å²) in [6.07, 6.45) is 1.15. The molecular weight excluding hydrogens is 194 g/mol. The van der Waals surface area contributed by atoms with Gasteiger partial charge in [-0.3, -0.25) is 0 Å². The Bertz CT molecular complexity index is 476. The highest BCUT2D eigenvalue weighted by Gasteiger charge is 2.17. The second-order valence-electron chi connectivity index (χ2n) is 4.21. The molecule has 2 aromatic carbocycles. The molecule has 0 N–H and O–H groups in total. The van der Waals surface area contributed by atoms with Gasteiger partial charge in [0.05, 0.1) is 0 Å². The van der Waals surface area contributed by atoms with E-state index in [1.165, 1.54) is 16.8 Å². The fraction of sp³-hybridized carbons (Fsp3) is 0.200. The summed E-state index contributed by atoms with van der Waals surface area (Å²) in [7, 11) is 0. The van der Waals surface area contributed by atoms with Crippen LogP contribution in [0.1, 0.15) is 11.1 Å². The zero-order chi connectivity index (χ0) is 10.8. The molecule has 1 heterocycles. The van der Waals surface area contributed by atoms with Crippen molar-refractivity contribution in [1.82, 2.24) is 0 Å². The quantitative estimate of drug-likeness (QED) is 0.733. The first kappa shape index (κ1) is 9.46. The average molecular weight is 208 g/mol. The van der Waals surface area contributed by atoms with E-state index in [2.05, 4.69) is 53.4 Å². The zero-order valence-corrected chi connectivity index (χ0v) is 9.19. The third kappa shape index (κ3) is 1.69. The second kappa shape index (κ2) is 4.01. The molecule has 0 unspecified atom stereocenters. The van der Waals surface area contributed by atoms with Crippen LogP contribution in [0.15, 0.2) is 48.5 Å². The van der Waals surface area contributed by atoms with Gasteiger partial charge in [-0.05, 0) is 35.7 Å². The molecule has 0 atom stereocenters. The van der Waals surface area contributed by atoms with E-state index >= 15 is 0 Å². The Balaban J connectivity index is 1.84. The van der Waals surface area contributed by atoms with E-state index in [1.807, 2.05) is 6.07 Å². The summed E-state index contributed by atoms with van der Waals surface area (Å²) in [5.74, 6) is 0. The molecule has 0 aliphatic carbocycles. The standard InChI is InChI=1S/C15H14N/c1-2-6-13(7-3-1)12-16-11-10-14-8-4-5-9-15(14)16/h1-3,5-9H,10-12H2. The molecule has 1 aliphatic heterocycles. The van der Waals surface area contributed by atoms with Crippen LogP contribution in [0.4, 0.5) is 5.69 Å². The van der Waals surface area contributed by atoms with E-state index in [-0.39, 0.29) is 0 Å². The van der Waals surface area contributed by atoms with E-state index in [9.17, 15) is 0 Å². The minimum Gasteiger partial charge on any atom is -0.367 e.